The molecule has 0 saturated carbocycles. The molecular formula is C12H22N2. The van der Waals surface area contributed by atoms with Gasteiger partial charge in [0.1, 0.15) is 0 Å². The smallest absolute Gasteiger partial charge is 0.0524 e. The van der Waals surface area contributed by atoms with Gasteiger partial charge >= 0.3 is 0 Å². The fourth-order valence-electron chi connectivity index (χ4n) is 1.25. The normalized spacial score (nSPS) is 12.4. The van der Waals surface area contributed by atoms with Gasteiger partial charge in [-0.25, -0.2) is 0 Å². The molecule has 1 heterocycles. The second-order valence-electron chi connectivity index (χ2n) is 5.50. The molecule has 0 aliphatic rings. The van der Waals surface area contributed by atoms with Gasteiger partial charge in [0, 0.05) is 12.7 Å². The third kappa shape index (κ3) is 3.52. The Hall–Kier alpha value is -0.790. The van der Waals surface area contributed by atoms with Crippen molar-refractivity contribution >= 4 is 0 Å². The second kappa shape index (κ2) is 4.16. The van der Waals surface area contributed by atoms with Crippen molar-refractivity contribution in [2.24, 2.45) is 5.41 Å². The van der Waals surface area contributed by atoms with Gasteiger partial charge in [-0.15, -0.1) is 0 Å². The highest BCUT2D eigenvalue weighted by atomic mass is 15.3. The average molecular weight is 194 g/mol. The van der Waals surface area contributed by atoms with Crippen LogP contribution in [0.1, 0.15) is 52.5 Å². The Morgan fingerprint density at radius 3 is 2.43 bits per heavy atom. The lowest BCUT2D eigenvalue weighted by Crippen LogP contribution is -2.10. The van der Waals surface area contributed by atoms with E-state index in [1.165, 1.54) is 12.0 Å². The predicted molar refractivity (Wildman–Crippen MR) is 60.4 cm³/mol. The largest absolute Gasteiger partial charge is 0.272 e. The molecule has 0 atom stereocenters. The van der Waals surface area contributed by atoms with E-state index >= 15 is 0 Å². The number of aromatic nitrogens is 2. The van der Waals surface area contributed by atoms with E-state index in [1.54, 1.807) is 0 Å². The lowest BCUT2D eigenvalue weighted by atomic mass is 9.92. The van der Waals surface area contributed by atoms with Gasteiger partial charge in [-0.2, -0.15) is 5.10 Å². The molecule has 0 aromatic carbocycles. The van der Waals surface area contributed by atoms with E-state index < -0.39 is 0 Å². The van der Waals surface area contributed by atoms with Crippen LogP contribution in [-0.4, -0.2) is 9.78 Å². The Kier molecular flexibility index (Phi) is 3.35. The minimum Gasteiger partial charge on any atom is -0.272 e. The molecule has 0 saturated heterocycles. The highest BCUT2D eigenvalue weighted by Gasteiger charge is 2.10. The Labute approximate surface area is 87.3 Å². The molecule has 14 heavy (non-hydrogen) atoms. The molecule has 0 spiro atoms. The zero-order chi connectivity index (χ0) is 10.8. The highest BCUT2D eigenvalue weighted by molar-refractivity contribution is 5.08. The van der Waals surface area contributed by atoms with Crippen LogP contribution in [0.2, 0.25) is 0 Å². The Morgan fingerprint density at radius 1 is 1.36 bits per heavy atom. The summed E-state index contributed by atoms with van der Waals surface area (Å²) in [4.78, 5) is 0. The first-order valence-corrected chi connectivity index (χ1v) is 5.41. The molecule has 1 aromatic rings. The van der Waals surface area contributed by atoms with Crippen LogP contribution in [0.25, 0.3) is 0 Å². The Balaban J connectivity index is 2.52. The lowest BCUT2D eigenvalue weighted by Gasteiger charge is -2.17. The van der Waals surface area contributed by atoms with Crippen LogP contribution in [0.5, 0.6) is 0 Å². The fraction of sp³-hybridized carbons (Fsp3) is 0.750. The number of hydrogen-bond acceptors (Lipinski definition) is 1. The van der Waals surface area contributed by atoms with Gasteiger partial charge in [-0.3, -0.25) is 4.68 Å². The average Bonchev–Trinajstić information content (AvgIpc) is 2.47. The van der Waals surface area contributed by atoms with E-state index in [4.69, 9.17) is 0 Å². The van der Waals surface area contributed by atoms with Gasteiger partial charge in [0.15, 0.2) is 0 Å². The molecule has 2 heteroatoms. The van der Waals surface area contributed by atoms with Crippen LogP contribution in [0.15, 0.2) is 12.4 Å². The minimum atomic E-state index is 0.393. The molecular weight excluding hydrogens is 172 g/mol. The zero-order valence-electron chi connectivity index (χ0n) is 10.0. The number of rotatable bonds is 3. The van der Waals surface area contributed by atoms with Crippen LogP contribution in [0.4, 0.5) is 0 Å². The van der Waals surface area contributed by atoms with Crippen LogP contribution in [0.3, 0.4) is 0 Å². The van der Waals surface area contributed by atoms with E-state index in [1.807, 2.05) is 6.20 Å². The van der Waals surface area contributed by atoms with Crippen molar-refractivity contribution in [3.05, 3.63) is 18.0 Å². The summed E-state index contributed by atoms with van der Waals surface area (Å²) in [5, 5.41) is 4.36. The van der Waals surface area contributed by atoms with Crippen molar-refractivity contribution in [1.82, 2.24) is 9.78 Å². The molecule has 80 valence electrons. The van der Waals surface area contributed by atoms with Crippen LogP contribution >= 0.6 is 0 Å². The maximum Gasteiger partial charge on any atom is 0.0524 e. The van der Waals surface area contributed by atoms with Crippen molar-refractivity contribution in [1.29, 1.82) is 0 Å². The van der Waals surface area contributed by atoms with Gasteiger partial charge in [-0.1, -0.05) is 34.6 Å². The molecule has 0 aliphatic heterocycles. The van der Waals surface area contributed by atoms with Crippen LogP contribution in [-0.2, 0) is 6.54 Å². The first-order valence-electron chi connectivity index (χ1n) is 5.41. The van der Waals surface area contributed by atoms with Gasteiger partial charge < -0.3 is 0 Å². The standard InChI is InChI=1S/C12H22N2/c1-10(2)11-8-13-14(9-11)7-6-12(3,4)5/h8-10H,6-7H2,1-5H3. The molecule has 2 nitrogen and oxygen atoms in total. The van der Waals surface area contributed by atoms with Gasteiger partial charge in [0.25, 0.3) is 0 Å². The molecule has 1 rings (SSSR count). The van der Waals surface area contributed by atoms with Gasteiger partial charge in [0.2, 0.25) is 0 Å². The third-order valence-electron chi connectivity index (χ3n) is 2.41. The molecule has 0 aliphatic carbocycles. The molecule has 0 fully saturated rings. The summed E-state index contributed by atoms with van der Waals surface area (Å²) in [7, 11) is 0. The summed E-state index contributed by atoms with van der Waals surface area (Å²) in [6, 6.07) is 0. The lowest BCUT2D eigenvalue weighted by molar-refractivity contribution is 0.341. The second-order valence-corrected chi connectivity index (χ2v) is 5.50. The van der Waals surface area contributed by atoms with E-state index in [2.05, 4.69) is 50.6 Å². The summed E-state index contributed by atoms with van der Waals surface area (Å²) >= 11 is 0. The predicted octanol–water partition coefficient (Wildman–Crippen LogP) is 3.44. The summed E-state index contributed by atoms with van der Waals surface area (Å²) in [5.74, 6) is 0.582. The molecule has 1 aromatic heterocycles. The van der Waals surface area contributed by atoms with E-state index in [0.29, 0.717) is 11.3 Å². The Morgan fingerprint density at radius 2 is 2.00 bits per heavy atom. The third-order valence-corrected chi connectivity index (χ3v) is 2.41. The van der Waals surface area contributed by atoms with E-state index in [0.717, 1.165) is 6.54 Å². The summed E-state index contributed by atoms with van der Waals surface area (Å²) in [6.07, 6.45) is 5.32. The van der Waals surface area contributed by atoms with Crippen molar-refractivity contribution < 1.29 is 0 Å². The van der Waals surface area contributed by atoms with Crippen molar-refractivity contribution in [3.63, 3.8) is 0 Å². The summed E-state index contributed by atoms with van der Waals surface area (Å²) in [6.45, 7) is 12.2. The highest BCUT2D eigenvalue weighted by Crippen LogP contribution is 2.20. The van der Waals surface area contributed by atoms with Gasteiger partial charge in [0.05, 0.1) is 6.20 Å². The van der Waals surface area contributed by atoms with Gasteiger partial charge in [-0.05, 0) is 23.3 Å². The monoisotopic (exact) mass is 194 g/mol. The number of hydrogen-bond donors (Lipinski definition) is 0. The minimum absolute atomic E-state index is 0.393. The van der Waals surface area contributed by atoms with Crippen molar-refractivity contribution in [2.45, 2.75) is 53.5 Å². The molecule has 0 unspecified atom stereocenters. The SMILES string of the molecule is CC(C)c1cnn(CCC(C)(C)C)c1. The molecule has 0 bridgehead atoms. The first kappa shape index (κ1) is 11.3. The quantitative estimate of drug-likeness (QED) is 0.720. The first-order chi connectivity index (χ1) is 6.38. The van der Waals surface area contributed by atoms with E-state index in [9.17, 15) is 0 Å². The number of nitrogens with zero attached hydrogens (tertiary/aromatic N) is 2. The van der Waals surface area contributed by atoms with Crippen LogP contribution < -0.4 is 0 Å². The summed E-state index contributed by atoms with van der Waals surface area (Å²) < 4.78 is 2.06. The maximum absolute atomic E-state index is 4.36. The zero-order valence-corrected chi connectivity index (χ0v) is 10.0. The molecule has 0 N–H and O–H groups in total. The Bertz CT molecular complexity index is 279. The van der Waals surface area contributed by atoms with Crippen molar-refractivity contribution in [3.8, 4) is 0 Å². The fourth-order valence-corrected chi connectivity index (χ4v) is 1.25. The van der Waals surface area contributed by atoms with Crippen LogP contribution in [0, 0.1) is 5.41 Å². The summed E-state index contributed by atoms with van der Waals surface area (Å²) in [5.41, 5.74) is 1.73. The van der Waals surface area contributed by atoms with E-state index in [-0.39, 0.29) is 0 Å². The molecule has 0 amide bonds. The maximum atomic E-state index is 4.36. The molecule has 0 radical (unpaired) electrons. The number of aryl methyl sites for hydroxylation is 1. The topological polar surface area (TPSA) is 17.8 Å². The van der Waals surface area contributed by atoms with Crippen molar-refractivity contribution in [2.75, 3.05) is 0 Å².